The molecule has 1 fully saturated rings. The zero-order chi connectivity index (χ0) is 16.7. The summed E-state index contributed by atoms with van der Waals surface area (Å²) in [5.74, 6) is 0.101. The standard InChI is InChI=1S/C17H25N3O3/c1-3-23-17(22)20-13-11-19(12-14-20)10-9-16(21)18(2)15-7-5-4-6-8-15/h4-8H,3,9-14H2,1-2H3. The molecule has 2 rings (SSSR count). The first kappa shape index (κ1) is 17.3. The minimum atomic E-state index is -0.243. The van der Waals surface area contributed by atoms with Crippen molar-refractivity contribution < 1.29 is 14.3 Å². The van der Waals surface area contributed by atoms with Crippen LogP contribution in [0, 0.1) is 0 Å². The monoisotopic (exact) mass is 319 g/mol. The highest BCUT2D eigenvalue weighted by atomic mass is 16.6. The van der Waals surface area contributed by atoms with Gasteiger partial charge in [0.2, 0.25) is 5.91 Å². The summed E-state index contributed by atoms with van der Waals surface area (Å²) in [7, 11) is 1.80. The molecule has 1 aliphatic heterocycles. The maximum Gasteiger partial charge on any atom is 0.409 e. The number of hydrogen-bond donors (Lipinski definition) is 0. The summed E-state index contributed by atoms with van der Waals surface area (Å²) in [5.41, 5.74) is 0.907. The Bertz CT molecular complexity index is 513. The number of anilines is 1. The molecule has 0 saturated carbocycles. The normalized spacial score (nSPS) is 15.3. The molecule has 0 aliphatic carbocycles. The van der Waals surface area contributed by atoms with Crippen LogP contribution in [0.15, 0.2) is 30.3 Å². The van der Waals surface area contributed by atoms with Crippen LogP contribution in [0.5, 0.6) is 0 Å². The van der Waals surface area contributed by atoms with E-state index in [1.807, 2.05) is 37.3 Å². The van der Waals surface area contributed by atoms with Crippen LogP contribution < -0.4 is 4.90 Å². The fraction of sp³-hybridized carbons (Fsp3) is 0.529. The Balaban J connectivity index is 1.73. The molecule has 0 atom stereocenters. The van der Waals surface area contributed by atoms with E-state index in [0.29, 0.717) is 32.7 Å². The van der Waals surface area contributed by atoms with Crippen LogP contribution in [-0.4, -0.2) is 68.2 Å². The molecule has 1 saturated heterocycles. The van der Waals surface area contributed by atoms with Gasteiger partial charge in [-0.25, -0.2) is 4.79 Å². The Hall–Kier alpha value is -2.08. The van der Waals surface area contributed by atoms with Crippen LogP contribution in [0.25, 0.3) is 0 Å². The van der Waals surface area contributed by atoms with Gasteiger partial charge in [-0.15, -0.1) is 0 Å². The Morgan fingerprint density at radius 3 is 2.39 bits per heavy atom. The predicted molar refractivity (Wildman–Crippen MR) is 89.5 cm³/mol. The molecule has 0 unspecified atom stereocenters. The SMILES string of the molecule is CCOC(=O)N1CCN(CCC(=O)N(C)c2ccccc2)CC1. The van der Waals surface area contributed by atoms with Gasteiger partial charge in [0.1, 0.15) is 0 Å². The number of piperazine rings is 1. The van der Waals surface area contributed by atoms with Crippen molar-refractivity contribution in [2.24, 2.45) is 0 Å². The lowest BCUT2D eigenvalue weighted by Gasteiger charge is -2.34. The van der Waals surface area contributed by atoms with Gasteiger partial charge in [-0.3, -0.25) is 9.69 Å². The quantitative estimate of drug-likeness (QED) is 0.831. The number of rotatable bonds is 5. The van der Waals surface area contributed by atoms with Gasteiger partial charge >= 0.3 is 6.09 Å². The minimum Gasteiger partial charge on any atom is -0.450 e. The summed E-state index contributed by atoms with van der Waals surface area (Å²) in [6, 6.07) is 9.64. The molecule has 0 radical (unpaired) electrons. The molecule has 1 aromatic rings. The van der Waals surface area contributed by atoms with Crippen molar-refractivity contribution in [2.75, 3.05) is 51.3 Å². The molecule has 6 nitrogen and oxygen atoms in total. The third kappa shape index (κ3) is 4.96. The second-order valence-electron chi connectivity index (χ2n) is 5.57. The lowest BCUT2D eigenvalue weighted by molar-refractivity contribution is -0.118. The highest BCUT2D eigenvalue weighted by molar-refractivity contribution is 5.92. The maximum absolute atomic E-state index is 12.3. The van der Waals surface area contributed by atoms with E-state index in [1.54, 1.807) is 16.8 Å². The summed E-state index contributed by atoms with van der Waals surface area (Å²) in [5, 5.41) is 0. The van der Waals surface area contributed by atoms with Crippen LogP contribution in [0.4, 0.5) is 10.5 Å². The van der Waals surface area contributed by atoms with Gasteiger partial charge in [-0.05, 0) is 19.1 Å². The Kier molecular flexibility index (Phi) is 6.40. The molecule has 23 heavy (non-hydrogen) atoms. The first-order valence-electron chi connectivity index (χ1n) is 8.07. The Morgan fingerprint density at radius 1 is 1.13 bits per heavy atom. The van der Waals surface area contributed by atoms with Gasteiger partial charge < -0.3 is 14.5 Å². The third-order valence-corrected chi connectivity index (χ3v) is 4.06. The van der Waals surface area contributed by atoms with Crippen molar-refractivity contribution in [3.63, 3.8) is 0 Å². The molecule has 1 aliphatic rings. The molecule has 0 bridgehead atoms. The van der Waals surface area contributed by atoms with E-state index < -0.39 is 0 Å². The zero-order valence-electron chi connectivity index (χ0n) is 13.9. The smallest absolute Gasteiger partial charge is 0.409 e. The molecule has 1 heterocycles. The molecule has 0 spiro atoms. The second-order valence-corrected chi connectivity index (χ2v) is 5.57. The number of carbonyl (C=O) groups excluding carboxylic acids is 2. The van der Waals surface area contributed by atoms with E-state index in [0.717, 1.165) is 18.8 Å². The van der Waals surface area contributed by atoms with Crippen LogP contribution in [0.1, 0.15) is 13.3 Å². The fourth-order valence-corrected chi connectivity index (χ4v) is 2.59. The Morgan fingerprint density at radius 2 is 1.78 bits per heavy atom. The average molecular weight is 319 g/mol. The molecule has 2 amide bonds. The fourth-order valence-electron chi connectivity index (χ4n) is 2.59. The van der Waals surface area contributed by atoms with E-state index in [4.69, 9.17) is 4.74 Å². The molecule has 1 aromatic carbocycles. The number of nitrogens with zero attached hydrogens (tertiary/aromatic N) is 3. The maximum atomic E-state index is 12.3. The van der Waals surface area contributed by atoms with Crippen molar-refractivity contribution in [2.45, 2.75) is 13.3 Å². The summed E-state index contributed by atoms with van der Waals surface area (Å²) >= 11 is 0. The van der Waals surface area contributed by atoms with Crippen molar-refractivity contribution in [3.05, 3.63) is 30.3 Å². The van der Waals surface area contributed by atoms with E-state index >= 15 is 0 Å². The predicted octanol–water partition coefficient (Wildman–Crippen LogP) is 1.81. The highest BCUT2D eigenvalue weighted by Gasteiger charge is 2.22. The number of carbonyl (C=O) groups is 2. The topological polar surface area (TPSA) is 53.1 Å². The number of para-hydroxylation sites is 1. The summed E-state index contributed by atoms with van der Waals surface area (Å²) in [4.78, 5) is 29.5. The van der Waals surface area contributed by atoms with Gasteiger partial charge in [0.15, 0.2) is 0 Å². The molecule has 0 N–H and O–H groups in total. The first-order valence-corrected chi connectivity index (χ1v) is 8.07. The summed E-state index contributed by atoms with van der Waals surface area (Å²) < 4.78 is 5.00. The largest absolute Gasteiger partial charge is 0.450 e. The van der Waals surface area contributed by atoms with Gasteiger partial charge in [0.05, 0.1) is 6.61 Å². The zero-order valence-corrected chi connectivity index (χ0v) is 13.9. The first-order chi connectivity index (χ1) is 11.1. The van der Waals surface area contributed by atoms with Crippen molar-refractivity contribution >= 4 is 17.7 Å². The Labute approximate surface area is 137 Å². The van der Waals surface area contributed by atoms with Crippen molar-refractivity contribution in [1.82, 2.24) is 9.80 Å². The van der Waals surface area contributed by atoms with Gasteiger partial charge in [0.25, 0.3) is 0 Å². The number of hydrogen-bond acceptors (Lipinski definition) is 4. The lowest BCUT2D eigenvalue weighted by Crippen LogP contribution is -2.49. The molecular weight excluding hydrogens is 294 g/mol. The molecular formula is C17H25N3O3. The van der Waals surface area contributed by atoms with Crippen molar-refractivity contribution in [3.8, 4) is 0 Å². The number of ether oxygens (including phenoxy) is 1. The van der Waals surface area contributed by atoms with E-state index in [9.17, 15) is 9.59 Å². The van der Waals surface area contributed by atoms with Crippen LogP contribution >= 0.6 is 0 Å². The molecule has 0 aromatic heterocycles. The second kappa shape index (κ2) is 8.53. The minimum absolute atomic E-state index is 0.101. The molecule has 126 valence electrons. The lowest BCUT2D eigenvalue weighted by atomic mass is 10.2. The van der Waals surface area contributed by atoms with Gasteiger partial charge in [-0.1, -0.05) is 18.2 Å². The molecule has 6 heteroatoms. The van der Waals surface area contributed by atoms with E-state index in [1.165, 1.54) is 0 Å². The van der Waals surface area contributed by atoms with Gasteiger partial charge in [-0.2, -0.15) is 0 Å². The highest BCUT2D eigenvalue weighted by Crippen LogP contribution is 2.12. The van der Waals surface area contributed by atoms with Gasteiger partial charge in [0, 0.05) is 51.9 Å². The summed E-state index contributed by atoms with van der Waals surface area (Å²) in [6.07, 6.45) is 0.234. The van der Waals surface area contributed by atoms with Crippen LogP contribution in [0.3, 0.4) is 0 Å². The van der Waals surface area contributed by atoms with Crippen molar-refractivity contribution in [1.29, 1.82) is 0 Å². The van der Waals surface area contributed by atoms with E-state index in [-0.39, 0.29) is 12.0 Å². The average Bonchev–Trinajstić information content (AvgIpc) is 2.60. The third-order valence-electron chi connectivity index (χ3n) is 4.06. The summed E-state index contributed by atoms with van der Waals surface area (Å²) in [6.45, 7) is 5.79. The number of amides is 2. The number of benzene rings is 1. The van der Waals surface area contributed by atoms with Crippen LogP contribution in [0.2, 0.25) is 0 Å². The van der Waals surface area contributed by atoms with Crippen LogP contribution in [-0.2, 0) is 9.53 Å². The van der Waals surface area contributed by atoms with E-state index in [2.05, 4.69) is 4.90 Å².